The number of carboxylic acids is 1. The van der Waals surface area contributed by atoms with Crippen LogP contribution in [0.15, 0.2) is 12.3 Å². The van der Waals surface area contributed by atoms with Crippen LogP contribution in [-0.4, -0.2) is 28.1 Å². The van der Waals surface area contributed by atoms with E-state index in [4.69, 9.17) is 15.6 Å². The van der Waals surface area contributed by atoms with E-state index in [0.717, 1.165) is 18.9 Å². The lowest BCUT2D eigenvalue weighted by molar-refractivity contribution is 0.0691. The summed E-state index contributed by atoms with van der Waals surface area (Å²) in [6.45, 7) is 0. The number of ether oxygens (including phenoxy) is 1. The fourth-order valence-electron chi connectivity index (χ4n) is 1.20. The van der Waals surface area contributed by atoms with Gasteiger partial charge in [0.1, 0.15) is 11.3 Å². The number of pyridine rings is 1. The Labute approximate surface area is 91.0 Å². The summed E-state index contributed by atoms with van der Waals surface area (Å²) in [6, 6.07) is 1.13. The highest BCUT2D eigenvalue weighted by Crippen LogP contribution is 2.28. The minimum absolute atomic E-state index is 0.0688. The third-order valence-corrected chi connectivity index (χ3v) is 2.17. The molecular weight excluding hydrogens is 212 g/mol. The number of rotatable bonds is 4. The molecular formula is C10H10N2O4. The van der Waals surface area contributed by atoms with Gasteiger partial charge in [-0.05, 0) is 18.9 Å². The summed E-state index contributed by atoms with van der Waals surface area (Å²) < 4.78 is 5.36. The maximum atomic E-state index is 10.9. The number of carboxylic acid groups (broad SMARTS) is 1. The Kier molecular flexibility index (Phi) is 2.47. The Morgan fingerprint density at radius 1 is 1.50 bits per heavy atom. The highest BCUT2D eigenvalue weighted by Gasteiger charge is 2.26. The molecule has 2 rings (SSSR count). The quantitative estimate of drug-likeness (QED) is 0.768. The molecule has 0 spiro atoms. The molecule has 3 N–H and O–H groups in total. The number of carbonyl (C=O) groups is 2. The Morgan fingerprint density at radius 3 is 2.69 bits per heavy atom. The first kappa shape index (κ1) is 10.4. The largest absolute Gasteiger partial charge is 0.488 e. The summed E-state index contributed by atoms with van der Waals surface area (Å²) in [6.07, 6.45) is 3.12. The molecule has 0 saturated heterocycles. The van der Waals surface area contributed by atoms with Crippen molar-refractivity contribution < 1.29 is 19.4 Å². The predicted molar refractivity (Wildman–Crippen MR) is 53.4 cm³/mol. The van der Waals surface area contributed by atoms with Crippen molar-refractivity contribution in [2.45, 2.75) is 18.9 Å². The van der Waals surface area contributed by atoms with E-state index >= 15 is 0 Å². The average molecular weight is 222 g/mol. The lowest BCUT2D eigenvalue weighted by Crippen LogP contribution is -2.15. The van der Waals surface area contributed by atoms with Gasteiger partial charge in [0.25, 0.3) is 5.91 Å². The molecule has 6 nitrogen and oxygen atoms in total. The first-order chi connectivity index (χ1) is 7.58. The molecule has 1 aromatic heterocycles. The van der Waals surface area contributed by atoms with Crippen LogP contribution in [0.2, 0.25) is 0 Å². The number of carbonyl (C=O) groups excluding carboxylic acids is 1. The van der Waals surface area contributed by atoms with Crippen LogP contribution in [0.4, 0.5) is 0 Å². The molecule has 84 valence electrons. The van der Waals surface area contributed by atoms with Crippen LogP contribution in [0.1, 0.15) is 33.7 Å². The van der Waals surface area contributed by atoms with Crippen molar-refractivity contribution in [3.05, 3.63) is 23.5 Å². The second-order valence-corrected chi connectivity index (χ2v) is 3.55. The van der Waals surface area contributed by atoms with Crippen molar-refractivity contribution in [1.29, 1.82) is 0 Å². The lowest BCUT2D eigenvalue weighted by Gasteiger charge is -2.07. The minimum atomic E-state index is -1.17. The molecule has 6 heteroatoms. The van der Waals surface area contributed by atoms with E-state index in [1.54, 1.807) is 0 Å². The molecule has 1 amide bonds. The van der Waals surface area contributed by atoms with Crippen LogP contribution in [0.5, 0.6) is 5.75 Å². The number of primary amides is 1. The molecule has 1 aliphatic rings. The smallest absolute Gasteiger partial charge is 0.339 e. The van der Waals surface area contributed by atoms with Gasteiger partial charge in [-0.1, -0.05) is 0 Å². The third-order valence-electron chi connectivity index (χ3n) is 2.17. The van der Waals surface area contributed by atoms with Gasteiger partial charge >= 0.3 is 5.97 Å². The van der Waals surface area contributed by atoms with Crippen molar-refractivity contribution in [3.8, 4) is 5.75 Å². The predicted octanol–water partition coefficient (Wildman–Crippen LogP) is 0.420. The van der Waals surface area contributed by atoms with E-state index in [0.29, 0.717) is 0 Å². The van der Waals surface area contributed by atoms with Crippen LogP contribution in [0.3, 0.4) is 0 Å². The Hall–Kier alpha value is -2.11. The van der Waals surface area contributed by atoms with Crippen molar-refractivity contribution in [3.63, 3.8) is 0 Å². The van der Waals surface area contributed by atoms with Gasteiger partial charge < -0.3 is 15.6 Å². The summed E-state index contributed by atoms with van der Waals surface area (Å²) in [7, 11) is 0. The van der Waals surface area contributed by atoms with Crippen LogP contribution < -0.4 is 10.5 Å². The van der Waals surface area contributed by atoms with Gasteiger partial charge in [-0.15, -0.1) is 0 Å². The van der Waals surface area contributed by atoms with Crippen LogP contribution in [0, 0.1) is 0 Å². The van der Waals surface area contributed by atoms with Crippen molar-refractivity contribution in [2.24, 2.45) is 5.73 Å². The van der Waals surface area contributed by atoms with E-state index in [1.807, 2.05) is 0 Å². The minimum Gasteiger partial charge on any atom is -0.488 e. The Morgan fingerprint density at radius 2 is 2.19 bits per heavy atom. The van der Waals surface area contributed by atoms with E-state index in [9.17, 15) is 9.59 Å². The molecule has 1 saturated carbocycles. The van der Waals surface area contributed by atoms with Gasteiger partial charge in [0.15, 0.2) is 5.75 Å². The van der Waals surface area contributed by atoms with Crippen LogP contribution >= 0.6 is 0 Å². The molecule has 1 aliphatic carbocycles. The zero-order valence-corrected chi connectivity index (χ0v) is 8.34. The molecule has 0 atom stereocenters. The van der Waals surface area contributed by atoms with E-state index < -0.39 is 11.9 Å². The number of hydrogen-bond acceptors (Lipinski definition) is 4. The molecule has 1 aromatic rings. The first-order valence-corrected chi connectivity index (χ1v) is 4.77. The third kappa shape index (κ3) is 2.10. The summed E-state index contributed by atoms with van der Waals surface area (Å²) >= 11 is 0. The molecule has 1 fully saturated rings. The van der Waals surface area contributed by atoms with Crippen LogP contribution in [0.25, 0.3) is 0 Å². The van der Waals surface area contributed by atoms with Crippen molar-refractivity contribution in [1.82, 2.24) is 4.98 Å². The molecule has 0 radical (unpaired) electrons. The molecule has 0 bridgehead atoms. The summed E-state index contributed by atoms with van der Waals surface area (Å²) in [4.78, 5) is 25.5. The number of amides is 1. The Bertz CT molecular complexity index is 454. The fourth-order valence-corrected chi connectivity index (χ4v) is 1.20. The van der Waals surface area contributed by atoms with Gasteiger partial charge in [-0.3, -0.25) is 4.79 Å². The molecule has 0 unspecified atom stereocenters. The van der Waals surface area contributed by atoms with Crippen LogP contribution in [-0.2, 0) is 0 Å². The second-order valence-electron chi connectivity index (χ2n) is 3.55. The summed E-state index contributed by atoms with van der Waals surface area (Å²) in [5.74, 6) is -1.75. The van der Waals surface area contributed by atoms with E-state index in [1.165, 1.54) is 6.20 Å². The highest BCUT2D eigenvalue weighted by molar-refractivity contribution is 5.96. The van der Waals surface area contributed by atoms with E-state index in [2.05, 4.69) is 4.98 Å². The zero-order chi connectivity index (χ0) is 11.7. The topological polar surface area (TPSA) is 103 Å². The van der Waals surface area contributed by atoms with Gasteiger partial charge in [-0.2, -0.15) is 0 Å². The molecule has 16 heavy (non-hydrogen) atoms. The fraction of sp³-hybridized carbons (Fsp3) is 0.300. The normalized spacial score (nSPS) is 14.5. The highest BCUT2D eigenvalue weighted by atomic mass is 16.5. The number of aromatic nitrogens is 1. The monoisotopic (exact) mass is 222 g/mol. The molecule has 0 aliphatic heterocycles. The number of hydrogen-bond donors (Lipinski definition) is 2. The number of nitrogens with zero attached hydrogens (tertiary/aromatic N) is 1. The number of aromatic carboxylic acids is 1. The van der Waals surface area contributed by atoms with Gasteiger partial charge in [0, 0.05) is 0 Å². The maximum absolute atomic E-state index is 10.9. The SMILES string of the molecule is NC(=O)c1cc(C(=O)O)c(OC2CC2)cn1. The summed E-state index contributed by atoms with van der Waals surface area (Å²) in [5, 5.41) is 8.95. The standard InChI is InChI=1S/C10H10N2O4/c11-9(13)7-3-6(10(14)15)8(4-12-7)16-5-1-2-5/h3-5H,1-2H2,(H2,11,13)(H,14,15). The molecule has 0 aromatic carbocycles. The molecule has 1 heterocycles. The Balaban J connectivity index is 2.35. The maximum Gasteiger partial charge on any atom is 0.339 e. The lowest BCUT2D eigenvalue weighted by atomic mass is 10.2. The average Bonchev–Trinajstić information content (AvgIpc) is 3.01. The number of nitrogens with two attached hydrogens (primary N) is 1. The first-order valence-electron chi connectivity index (χ1n) is 4.77. The van der Waals surface area contributed by atoms with E-state index in [-0.39, 0.29) is 23.1 Å². The van der Waals surface area contributed by atoms with Gasteiger partial charge in [-0.25, -0.2) is 9.78 Å². The summed E-state index contributed by atoms with van der Waals surface area (Å²) in [5.41, 5.74) is 4.84. The zero-order valence-electron chi connectivity index (χ0n) is 8.34. The van der Waals surface area contributed by atoms with Crippen molar-refractivity contribution in [2.75, 3.05) is 0 Å². The van der Waals surface area contributed by atoms with Gasteiger partial charge in [0.05, 0.1) is 12.3 Å². The van der Waals surface area contributed by atoms with Gasteiger partial charge in [0.2, 0.25) is 0 Å². The van der Waals surface area contributed by atoms with Crippen molar-refractivity contribution >= 4 is 11.9 Å². The second kappa shape index (κ2) is 3.80.